The number of nitrogens with zero attached hydrogens (tertiary/aromatic N) is 1. The van der Waals surface area contributed by atoms with Crippen LogP contribution < -0.4 is 27.8 Å². The SMILES string of the molecule is CCC(C)C(N)C(=O)NC(CCC(=O)O)C(=O)NC(CCCN=C(N)N)C(=O)O. The molecule has 2 amide bonds. The van der Waals surface area contributed by atoms with Gasteiger partial charge in [-0.1, -0.05) is 20.3 Å². The first-order valence-electron chi connectivity index (χ1n) is 9.35. The van der Waals surface area contributed by atoms with Crippen LogP contribution in [-0.4, -0.2) is 64.6 Å². The van der Waals surface area contributed by atoms with Crippen LogP contribution >= 0.6 is 0 Å². The van der Waals surface area contributed by atoms with Gasteiger partial charge in [0.25, 0.3) is 0 Å². The number of hydrogen-bond acceptors (Lipinski definition) is 6. The number of carboxylic acid groups (broad SMARTS) is 2. The van der Waals surface area contributed by atoms with E-state index in [1.165, 1.54) is 0 Å². The highest BCUT2D eigenvalue weighted by molar-refractivity contribution is 5.92. The van der Waals surface area contributed by atoms with Gasteiger partial charge in [-0.3, -0.25) is 19.4 Å². The molecule has 12 nitrogen and oxygen atoms in total. The first kappa shape index (κ1) is 26.1. The molecule has 4 unspecified atom stereocenters. The summed E-state index contributed by atoms with van der Waals surface area (Å²) in [6.07, 6.45) is 0.376. The van der Waals surface area contributed by atoms with Crippen molar-refractivity contribution < 1.29 is 29.4 Å². The predicted molar refractivity (Wildman–Crippen MR) is 106 cm³/mol. The van der Waals surface area contributed by atoms with Gasteiger partial charge in [0.05, 0.1) is 6.04 Å². The van der Waals surface area contributed by atoms with E-state index in [-0.39, 0.29) is 37.7 Å². The van der Waals surface area contributed by atoms with Crippen LogP contribution in [0.2, 0.25) is 0 Å². The van der Waals surface area contributed by atoms with E-state index in [9.17, 15) is 24.3 Å². The minimum absolute atomic E-state index is 0.0455. The third-order valence-electron chi connectivity index (χ3n) is 4.40. The van der Waals surface area contributed by atoms with Gasteiger partial charge < -0.3 is 38.0 Å². The first-order chi connectivity index (χ1) is 13.5. The number of nitrogens with one attached hydrogen (secondary N) is 2. The summed E-state index contributed by atoms with van der Waals surface area (Å²) in [5.74, 6) is -4.12. The Balaban J connectivity index is 5.10. The van der Waals surface area contributed by atoms with E-state index in [0.29, 0.717) is 12.8 Å². The maximum absolute atomic E-state index is 12.5. The van der Waals surface area contributed by atoms with Crippen molar-refractivity contribution in [3.8, 4) is 0 Å². The zero-order chi connectivity index (χ0) is 22.6. The lowest BCUT2D eigenvalue weighted by Gasteiger charge is -2.24. The first-order valence-corrected chi connectivity index (χ1v) is 9.35. The summed E-state index contributed by atoms with van der Waals surface area (Å²) in [5.41, 5.74) is 16.2. The van der Waals surface area contributed by atoms with E-state index in [1.807, 2.05) is 6.92 Å². The Hall–Kier alpha value is -2.89. The normalized spacial score (nSPS) is 14.7. The number of guanidine groups is 1. The molecule has 0 bridgehead atoms. The molecule has 12 heteroatoms. The molecule has 29 heavy (non-hydrogen) atoms. The molecule has 0 aliphatic heterocycles. The van der Waals surface area contributed by atoms with Crippen LogP contribution in [0.15, 0.2) is 4.99 Å². The standard InChI is InChI=1S/C17H32N6O6/c1-3-9(2)13(18)15(27)22-10(6-7-12(24)25)14(26)23-11(16(28)29)5-4-8-21-17(19)20/h9-11,13H,3-8,18H2,1-2H3,(H,22,27)(H,23,26)(H,24,25)(H,28,29)(H4,19,20,21). The Morgan fingerprint density at radius 1 is 1.00 bits per heavy atom. The highest BCUT2D eigenvalue weighted by Gasteiger charge is 2.29. The van der Waals surface area contributed by atoms with Gasteiger partial charge in [-0.25, -0.2) is 4.79 Å². The van der Waals surface area contributed by atoms with Crippen LogP contribution in [-0.2, 0) is 19.2 Å². The second-order valence-electron chi connectivity index (χ2n) is 6.75. The predicted octanol–water partition coefficient (Wildman–Crippen LogP) is -1.67. The summed E-state index contributed by atoms with van der Waals surface area (Å²) >= 11 is 0. The molecule has 4 atom stereocenters. The number of carbonyl (C=O) groups excluding carboxylic acids is 2. The van der Waals surface area contributed by atoms with Gasteiger partial charge in [-0.15, -0.1) is 0 Å². The lowest BCUT2D eigenvalue weighted by molar-refractivity contribution is -0.143. The van der Waals surface area contributed by atoms with Crippen molar-refractivity contribution in [2.24, 2.45) is 28.1 Å². The van der Waals surface area contributed by atoms with Crippen LogP contribution in [0, 0.1) is 5.92 Å². The molecule has 0 rings (SSSR count). The molecule has 0 saturated carbocycles. The molecule has 0 aromatic rings. The summed E-state index contributed by atoms with van der Waals surface area (Å²) in [7, 11) is 0. The van der Waals surface area contributed by atoms with Gasteiger partial charge in [0, 0.05) is 13.0 Å². The van der Waals surface area contributed by atoms with Crippen LogP contribution in [0.1, 0.15) is 46.0 Å². The smallest absolute Gasteiger partial charge is 0.326 e. The summed E-state index contributed by atoms with van der Waals surface area (Å²) in [6, 6.07) is -3.35. The Morgan fingerprint density at radius 3 is 2.07 bits per heavy atom. The van der Waals surface area contributed by atoms with E-state index < -0.39 is 41.9 Å². The number of carbonyl (C=O) groups is 4. The summed E-state index contributed by atoms with van der Waals surface area (Å²) in [4.78, 5) is 50.8. The van der Waals surface area contributed by atoms with Crippen molar-refractivity contribution in [1.29, 1.82) is 0 Å². The lowest BCUT2D eigenvalue weighted by Crippen LogP contribution is -2.55. The third kappa shape index (κ3) is 10.9. The molecule has 0 aromatic carbocycles. The monoisotopic (exact) mass is 416 g/mol. The van der Waals surface area contributed by atoms with Gasteiger partial charge in [0.2, 0.25) is 11.8 Å². The Kier molecular flexibility index (Phi) is 12.0. The fourth-order valence-corrected chi connectivity index (χ4v) is 2.35. The molecular formula is C17H32N6O6. The quantitative estimate of drug-likeness (QED) is 0.0975. The van der Waals surface area contributed by atoms with Gasteiger partial charge in [0.15, 0.2) is 5.96 Å². The van der Waals surface area contributed by atoms with Gasteiger partial charge in [0.1, 0.15) is 12.1 Å². The maximum atomic E-state index is 12.5. The molecular weight excluding hydrogens is 384 g/mol. The molecule has 0 heterocycles. The molecule has 0 aromatic heterocycles. The minimum Gasteiger partial charge on any atom is -0.481 e. The molecule has 0 radical (unpaired) electrons. The van der Waals surface area contributed by atoms with E-state index >= 15 is 0 Å². The topological polar surface area (TPSA) is 223 Å². The Morgan fingerprint density at radius 2 is 1.59 bits per heavy atom. The molecule has 0 saturated heterocycles. The average Bonchev–Trinajstić information content (AvgIpc) is 2.64. The zero-order valence-corrected chi connectivity index (χ0v) is 16.8. The van der Waals surface area contributed by atoms with Crippen LogP contribution in [0.5, 0.6) is 0 Å². The minimum atomic E-state index is -1.28. The van der Waals surface area contributed by atoms with Crippen molar-refractivity contribution in [3.63, 3.8) is 0 Å². The van der Waals surface area contributed by atoms with Crippen molar-refractivity contribution in [1.82, 2.24) is 10.6 Å². The zero-order valence-electron chi connectivity index (χ0n) is 16.8. The van der Waals surface area contributed by atoms with Crippen LogP contribution in [0.4, 0.5) is 0 Å². The summed E-state index contributed by atoms with van der Waals surface area (Å²) < 4.78 is 0. The molecule has 0 fully saturated rings. The number of carboxylic acids is 2. The van der Waals surface area contributed by atoms with E-state index in [2.05, 4.69) is 15.6 Å². The number of rotatable bonds is 14. The van der Waals surface area contributed by atoms with E-state index in [0.717, 1.165) is 0 Å². The number of hydrogen-bond donors (Lipinski definition) is 7. The fourth-order valence-electron chi connectivity index (χ4n) is 2.35. The Bertz CT molecular complexity index is 607. The molecule has 10 N–H and O–H groups in total. The van der Waals surface area contributed by atoms with Gasteiger partial charge in [-0.2, -0.15) is 0 Å². The molecule has 0 aliphatic carbocycles. The molecule has 0 spiro atoms. The summed E-state index contributed by atoms with van der Waals surface area (Å²) in [6.45, 7) is 3.81. The van der Waals surface area contributed by atoms with Crippen molar-refractivity contribution in [3.05, 3.63) is 0 Å². The van der Waals surface area contributed by atoms with E-state index in [1.54, 1.807) is 6.92 Å². The fraction of sp³-hybridized carbons (Fsp3) is 0.706. The highest BCUT2D eigenvalue weighted by atomic mass is 16.4. The van der Waals surface area contributed by atoms with Crippen molar-refractivity contribution in [2.45, 2.75) is 64.1 Å². The highest BCUT2D eigenvalue weighted by Crippen LogP contribution is 2.08. The number of nitrogens with two attached hydrogens (primary N) is 3. The number of amides is 2. The number of aliphatic imine (C=N–C) groups is 1. The lowest BCUT2D eigenvalue weighted by atomic mass is 9.98. The van der Waals surface area contributed by atoms with Crippen LogP contribution in [0.3, 0.4) is 0 Å². The number of aliphatic carboxylic acids is 2. The third-order valence-corrected chi connectivity index (χ3v) is 4.40. The Labute approximate surface area is 169 Å². The largest absolute Gasteiger partial charge is 0.481 e. The molecule has 166 valence electrons. The van der Waals surface area contributed by atoms with Gasteiger partial charge in [-0.05, 0) is 25.2 Å². The average molecular weight is 416 g/mol. The second kappa shape index (κ2) is 13.3. The second-order valence-corrected chi connectivity index (χ2v) is 6.75. The molecule has 0 aliphatic rings. The van der Waals surface area contributed by atoms with Gasteiger partial charge >= 0.3 is 11.9 Å². The summed E-state index contributed by atoms with van der Waals surface area (Å²) in [5, 5.41) is 22.9. The van der Waals surface area contributed by atoms with E-state index in [4.69, 9.17) is 22.3 Å². The van der Waals surface area contributed by atoms with Crippen molar-refractivity contribution in [2.75, 3.05) is 6.54 Å². The van der Waals surface area contributed by atoms with Crippen molar-refractivity contribution >= 4 is 29.7 Å². The maximum Gasteiger partial charge on any atom is 0.326 e. The van der Waals surface area contributed by atoms with Crippen LogP contribution in [0.25, 0.3) is 0 Å².